The van der Waals surface area contributed by atoms with Crippen LogP contribution in [0.4, 0.5) is 5.69 Å². The van der Waals surface area contributed by atoms with Crippen LogP contribution in [-0.2, 0) is 4.79 Å². The number of unbranched alkanes of at least 4 members (excludes halogenated alkanes) is 4. The van der Waals surface area contributed by atoms with Crippen molar-refractivity contribution in [2.75, 3.05) is 32.1 Å². The van der Waals surface area contributed by atoms with E-state index in [1.807, 2.05) is 24.3 Å². The van der Waals surface area contributed by atoms with Gasteiger partial charge in [-0.05, 0) is 63.2 Å². The summed E-state index contributed by atoms with van der Waals surface area (Å²) in [5, 5.41) is 4.05. The van der Waals surface area contributed by atoms with E-state index >= 15 is 0 Å². The number of rotatable bonds is 9. The zero-order chi connectivity index (χ0) is 19.8. The van der Waals surface area contributed by atoms with E-state index in [2.05, 4.69) is 22.1 Å². The maximum absolute atomic E-state index is 12.8. The van der Waals surface area contributed by atoms with Crippen LogP contribution in [0.15, 0.2) is 30.5 Å². The predicted molar refractivity (Wildman–Crippen MR) is 115 cm³/mol. The number of aromatic nitrogens is 1. The number of piperidine rings is 1. The van der Waals surface area contributed by atoms with Crippen LogP contribution in [0.5, 0.6) is 5.75 Å². The molecular formula is C23H33N3O2. The zero-order valence-corrected chi connectivity index (χ0v) is 17.2. The van der Waals surface area contributed by atoms with Gasteiger partial charge in [0.25, 0.3) is 0 Å². The Morgan fingerprint density at radius 3 is 2.71 bits per heavy atom. The Bertz CT molecular complexity index is 770. The lowest BCUT2D eigenvalue weighted by Crippen LogP contribution is -2.38. The molecule has 0 radical (unpaired) electrons. The van der Waals surface area contributed by atoms with Crippen molar-refractivity contribution >= 4 is 22.5 Å². The molecule has 1 aromatic carbocycles. The maximum Gasteiger partial charge on any atom is 0.227 e. The Morgan fingerprint density at radius 2 is 1.96 bits per heavy atom. The van der Waals surface area contributed by atoms with E-state index in [4.69, 9.17) is 4.74 Å². The van der Waals surface area contributed by atoms with Crippen LogP contribution >= 0.6 is 0 Å². The van der Waals surface area contributed by atoms with Crippen LogP contribution in [0.1, 0.15) is 51.9 Å². The molecule has 1 aliphatic rings. The fourth-order valence-corrected chi connectivity index (χ4v) is 3.95. The summed E-state index contributed by atoms with van der Waals surface area (Å²) in [7, 11) is 1.65. The minimum absolute atomic E-state index is 0.0881. The minimum atomic E-state index is 0.0881. The van der Waals surface area contributed by atoms with Gasteiger partial charge in [-0.15, -0.1) is 0 Å². The molecule has 0 aliphatic carbocycles. The molecule has 2 heterocycles. The molecule has 0 bridgehead atoms. The Labute approximate surface area is 168 Å². The molecule has 3 rings (SSSR count). The van der Waals surface area contributed by atoms with Gasteiger partial charge in [0, 0.05) is 17.5 Å². The topological polar surface area (TPSA) is 54.5 Å². The molecule has 5 heteroatoms. The normalized spacial score (nSPS) is 15.6. The summed E-state index contributed by atoms with van der Waals surface area (Å²) >= 11 is 0. The molecule has 28 heavy (non-hydrogen) atoms. The van der Waals surface area contributed by atoms with Gasteiger partial charge in [-0.3, -0.25) is 9.78 Å². The summed E-state index contributed by atoms with van der Waals surface area (Å²) in [5.41, 5.74) is 1.67. The number of pyridine rings is 1. The van der Waals surface area contributed by atoms with Crippen molar-refractivity contribution in [3.63, 3.8) is 0 Å². The average Bonchev–Trinajstić information content (AvgIpc) is 2.74. The molecule has 0 atom stereocenters. The molecule has 152 valence electrons. The molecule has 2 aromatic rings. The van der Waals surface area contributed by atoms with Gasteiger partial charge in [0.05, 0.1) is 18.3 Å². The van der Waals surface area contributed by atoms with Crippen molar-refractivity contribution in [3.05, 3.63) is 30.5 Å². The summed E-state index contributed by atoms with van der Waals surface area (Å²) in [6, 6.07) is 7.60. The highest BCUT2D eigenvalue weighted by atomic mass is 16.5. The molecule has 1 saturated heterocycles. The van der Waals surface area contributed by atoms with Crippen LogP contribution in [0.25, 0.3) is 10.9 Å². The molecule has 1 fully saturated rings. The van der Waals surface area contributed by atoms with E-state index in [-0.39, 0.29) is 11.8 Å². The Kier molecular flexibility index (Phi) is 7.66. The first-order chi connectivity index (χ1) is 13.7. The minimum Gasteiger partial charge on any atom is -0.497 e. The van der Waals surface area contributed by atoms with Crippen molar-refractivity contribution < 1.29 is 9.53 Å². The van der Waals surface area contributed by atoms with Crippen LogP contribution in [0.3, 0.4) is 0 Å². The number of fused-ring (bicyclic) bond motifs is 1. The highest BCUT2D eigenvalue weighted by molar-refractivity contribution is 6.02. The number of anilines is 1. The zero-order valence-electron chi connectivity index (χ0n) is 17.2. The lowest BCUT2D eigenvalue weighted by atomic mass is 9.95. The molecule has 1 amide bonds. The predicted octanol–water partition coefficient (Wildman–Crippen LogP) is 4.86. The number of hydrogen-bond donors (Lipinski definition) is 1. The first kappa shape index (κ1) is 20.6. The van der Waals surface area contributed by atoms with E-state index < -0.39 is 0 Å². The van der Waals surface area contributed by atoms with Crippen molar-refractivity contribution in [2.24, 2.45) is 5.92 Å². The first-order valence-electron chi connectivity index (χ1n) is 10.7. The van der Waals surface area contributed by atoms with Gasteiger partial charge in [-0.2, -0.15) is 0 Å². The van der Waals surface area contributed by atoms with Crippen LogP contribution in [0, 0.1) is 5.92 Å². The number of ether oxygens (including phenoxy) is 1. The fraction of sp³-hybridized carbons (Fsp3) is 0.565. The third kappa shape index (κ3) is 5.44. The Hall–Kier alpha value is -2.14. The van der Waals surface area contributed by atoms with Crippen molar-refractivity contribution in [3.8, 4) is 5.75 Å². The van der Waals surface area contributed by atoms with E-state index in [1.54, 1.807) is 13.3 Å². The number of methoxy groups -OCH3 is 1. The van der Waals surface area contributed by atoms with Crippen LogP contribution in [-0.4, -0.2) is 42.5 Å². The fourth-order valence-electron chi connectivity index (χ4n) is 3.95. The van der Waals surface area contributed by atoms with Crippen molar-refractivity contribution in [1.29, 1.82) is 0 Å². The third-order valence-corrected chi connectivity index (χ3v) is 5.74. The van der Waals surface area contributed by atoms with E-state index in [9.17, 15) is 4.79 Å². The largest absolute Gasteiger partial charge is 0.497 e. The van der Waals surface area contributed by atoms with Gasteiger partial charge in [0.15, 0.2) is 0 Å². The number of nitrogens with zero attached hydrogens (tertiary/aromatic N) is 2. The number of carbonyl (C=O) groups excluding carboxylic acids is 1. The Balaban J connectivity index is 1.52. The molecule has 0 spiro atoms. The average molecular weight is 384 g/mol. The number of benzene rings is 1. The summed E-state index contributed by atoms with van der Waals surface area (Å²) in [6.07, 6.45) is 10.2. The number of nitrogens with one attached hydrogen (secondary N) is 1. The summed E-state index contributed by atoms with van der Waals surface area (Å²) in [5.74, 6) is 0.978. The molecule has 1 aromatic heterocycles. The smallest absolute Gasteiger partial charge is 0.227 e. The maximum atomic E-state index is 12.8. The summed E-state index contributed by atoms with van der Waals surface area (Å²) in [6.45, 7) is 5.47. The van der Waals surface area contributed by atoms with Gasteiger partial charge < -0.3 is 15.0 Å². The number of likely N-dealkylation sites (tertiary alicyclic amines) is 1. The molecule has 1 N–H and O–H groups in total. The molecular weight excluding hydrogens is 350 g/mol. The lowest BCUT2D eigenvalue weighted by Gasteiger charge is -2.31. The van der Waals surface area contributed by atoms with Gasteiger partial charge in [-0.25, -0.2) is 0 Å². The summed E-state index contributed by atoms with van der Waals surface area (Å²) in [4.78, 5) is 19.7. The molecule has 1 aliphatic heterocycles. The van der Waals surface area contributed by atoms with E-state index in [0.29, 0.717) is 0 Å². The van der Waals surface area contributed by atoms with Crippen LogP contribution < -0.4 is 10.1 Å². The van der Waals surface area contributed by atoms with Gasteiger partial charge >= 0.3 is 0 Å². The van der Waals surface area contributed by atoms with E-state index in [0.717, 1.165) is 48.3 Å². The highest BCUT2D eigenvalue weighted by Crippen LogP contribution is 2.27. The standard InChI is InChI=1S/C23H33N3O2/c1-3-4-5-6-7-14-26-15-11-18(12-16-26)23(27)25-22-10-13-24-21-9-8-19(28-2)17-20(21)22/h8-10,13,17-18H,3-7,11-12,14-16H2,1-2H3,(H,24,25,27). The first-order valence-corrected chi connectivity index (χ1v) is 10.7. The molecule has 0 unspecified atom stereocenters. The lowest BCUT2D eigenvalue weighted by molar-refractivity contribution is -0.121. The number of amides is 1. The van der Waals surface area contributed by atoms with Gasteiger partial charge in [0.1, 0.15) is 5.75 Å². The van der Waals surface area contributed by atoms with Gasteiger partial charge in [-0.1, -0.05) is 32.6 Å². The number of hydrogen-bond acceptors (Lipinski definition) is 4. The van der Waals surface area contributed by atoms with E-state index in [1.165, 1.54) is 38.6 Å². The molecule has 5 nitrogen and oxygen atoms in total. The second-order valence-electron chi connectivity index (χ2n) is 7.76. The second-order valence-corrected chi connectivity index (χ2v) is 7.76. The van der Waals surface area contributed by atoms with Crippen LogP contribution in [0.2, 0.25) is 0 Å². The quantitative estimate of drug-likeness (QED) is 0.628. The van der Waals surface area contributed by atoms with Crippen molar-refractivity contribution in [1.82, 2.24) is 9.88 Å². The van der Waals surface area contributed by atoms with Gasteiger partial charge in [0.2, 0.25) is 5.91 Å². The third-order valence-electron chi connectivity index (χ3n) is 5.74. The summed E-state index contributed by atoms with van der Waals surface area (Å²) < 4.78 is 5.32. The Morgan fingerprint density at radius 1 is 1.18 bits per heavy atom. The second kappa shape index (κ2) is 10.4. The van der Waals surface area contributed by atoms with Crippen molar-refractivity contribution in [2.45, 2.75) is 51.9 Å². The number of carbonyl (C=O) groups is 1. The molecule has 0 saturated carbocycles. The SMILES string of the molecule is CCCCCCCN1CCC(C(=O)Nc2ccnc3ccc(OC)cc23)CC1. The monoisotopic (exact) mass is 383 g/mol. The highest BCUT2D eigenvalue weighted by Gasteiger charge is 2.25.